The highest BCUT2D eigenvalue weighted by atomic mass is 35.5. The van der Waals surface area contributed by atoms with E-state index in [9.17, 15) is 9.90 Å². The Bertz CT molecular complexity index is 659. The van der Waals surface area contributed by atoms with E-state index in [1.165, 1.54) is 10.9 Å². The molecule has 2 N–H and O–H groups in total. The average molecular weight is 337 g/mol. The molecule has 0 aliphatic rings. The molecule has 2 aromatic rings. The molecular weight excluding hydrogens is 316 g/mol. The summed E-state index contributed by atoms with van der Waals surface area (Å²) in [6, 6.07) is 7.20. The second kappa shape index (κ2) is 7.57. The van der Waals surface area contributed by atoms with Crippen molar-refractivity contribution in [3.05, 3.63) is 41.2 Å². The molecule has 1 aromatic carbocycles. The zero-order valence-corrected chi connectivity index (χ0v) is 14.0. The highest BCUT2D eigenvalue weighted by molar-refractivity contribution is 6.32. The van der Waals surface area contributed by atoms with Crippen molar-refractivity contribution in [2.24, 2.45) is 5.41 Å². The molecule has 0 aliphatic carbocycles. The van der Waals surface area contributed by atoms with Crippen LogP contribution in [0.3, 0.4) is 0 Å². The topological polar surface area (TPSA) is 80.0 Å². The minimum atomic E-state index is -0.317. The van der Waals surface area contributed by atoms with Crippen LogP contribution in [0.4, 0.5) is 0 Å². The molecule has 6 nitrogen and oxygen atoms in total. The SMILES string of the molecule is CCC(CC)(CO)CNC(=O)c1cn(-c2ccccc2Cl)nn1. The van der Waals surface area contributed by atoms with Crippen molar-refractivity contribution in [2.75, 3.05) is 13.2 Å². The van der Waals surface area contributed by atoms with Crippen molar-refractivity contribution in [3.8, 4) is 5.69 Å². The van der Waals surface area contributed by atoms with Crippen LogP contribution >= 0.6 is 11.6 Å². The Morgan fingerprint density at radius 2 is 2.04 bits per heavy atom. The van der Waals surface area contributed by atoms with Gasteiger partial charge in [-0.2, -0.15) is 0 Å². The van der Waals surface area contributed by atoms with Crippen molar-refractivity contribution in [2.45, 2.75) is 26.7 Å². The van der Waals surface area contributed by atoms with Gasteiger partial charge in [0, 0.05) is 12.0 Å². The number of aromatic nitrogens is 3. The monoisotopic (exact) mass is 336 g/mol. The molecule has 1 heterocycles. The first kappa shape index (κ1) is 17.4. The van der Waals surface area contributed by atoms with E-state index < -0.39 is 0 Å². The lowest BCUT2D eigenvalue weighted by Gasteiger charge is -2.29. The number of nitrogens with zero attached hydrogens (tertiary/aromatic N) is 3. The minimum absolute atomic E-state index is 0.0343. The zero-order chi connectivity index (χ0) is 16.9. The predicted octanol–water partition coefficient (Wildman–Crippen LogP) is 2.45. The summed E-state index contributed by atoms with van der Waals surface area (Å²) in [7, 11) is 0. The highest BCUT2D eigenvalue weighted by Crippen LogP contribution is 2.24. The Labute approximate surface area is 140 Å². The first-order valence-corrected chi connectivity index (χ1v) is 7.99. The van der Waals surface area contributed by atoms with Gasteiger partial charge in [-0.15, -0.1) is 5.10 Å². The van der Waals surface area contributed by atoms with Gasteiger partial charge in [0.2, 0.25) is 0 Å². The molecule has 7 heteroatoms. The lowest BCUT2D eigenvalue weighted by molar-refractivity contribution is 0.0846. The van der Waals surface area contributed by atoms with E-state index in [0.717, 1.165) is 12.8 Å². The number of amides is 1. The second-order valence-corrected chi connectivity index (χ2v) is 5.95. The molecule has 0 saturated carbocycles. The summed E-state index contributed by atoms with van der Waals surface area (Å²) >= 11 is 6.11. The van der Waals surface area contributed by atoms with E-state index >= 15 is 0 Å². The fourth-order valence-corrected chi connectivity index (χ4v) is 2.48. The summed E-state index contributed by atoms with van der Waals surface area (Å²) in [5.74, 6) is -0.317. The Kier molecular flexibility index (Phi) is 5.74. The molecule has 0 atom stereocenters. The third-order valence-electron chi connectivity index (χ3n) is 4.28. The standard InChI is InChI=1S/C16H21ClN4O2/c1-3-16(4-2,11-22)10-18-15(23)13-9-21(20-19-13)14-8-6-5-7-12(14)17/h5-9,22H,3-4,10-11H2,1-2H3,(H,18,23). The van der Waals surface area contributed by atoms with Crippen molar-refractivity contribution in [1.29, 1.82) is 0 Å². The first-order chi connectivity index (χ1) is 11.0. The molecule has 0 bridgehead atoms. The molecule has 2 rings (SSSR count). The van der Waals surface area contributed by atoms with Crippen LogP contribution in [-0.4, -0.2) is 39.2 Å². The maximum absolute atomic E-state index is 12.2. The number of benzene rings is 1. The van der Waals surface area contributed by atoms with Gasteiger partial charge in [0.1, 0.15) is 0 Å². The van der Waals surface area contributed by atoms with E-state index in [1.807, 2.05) is 26.0 Å². The first-order valence-electron chi connectivity index (χ1n) is 7.61. The van der Waals surface area contributed by atoms with Crippen LogP contribution in [0.25, 0.3) is 5.69 Å². The van der Waals surface area contributed by atoms with Gasteiger partial charge in [-0.05, 0) is 25.0 Å². The maximum Gasteiger partial charge on any atom is 0.273 e. The van der Waals surface area contributed by atoms with Gasteiger partial charge in [-0.25, -0.2) is 4.68 Å². The van der Waals surface area contributed by atoms with E-state index in [2.05, 4.69) is 15.6 Å². The number of carbonyl (C=O) groups excluding carboxylic acids is 1. The number of para-hydroxylation sites is 1. The quantitative estimate of drug-likeness (QED) is 0.814. The third kappa shape index (κ3) is 3.89. The number of hydrogen-bond acceptors (Lipinski definition) is 4. The van der Waals surface area contributed by atoms with Gasteiger partial charge in [-0.1, -0.05) is 42.8 Å². The van der Waals surface area contributed by atoms with Crippen LogP contribution < -0.4 is 5.32 Å². The Morgan fingerprint density at radius 3 is 2.65 bits per heavy atom. The summed E-state index contributed by atoms with van der Waals surface area (Å²) in [5, 5.41) is 20.7. The third-order valence-corrected chi connectivity index (χ3v) is 4.60. The van der Waals surface area contributed by atoms with Crippen molar-refractivity contribution >= 4 is 17.5 Å². The summed E-state index contributed by atoms with van der Waals surface area (Å²) in [6.07, 6.45) is 3.11. The number of aliphatic hydroxyl groups is 1. The lowest BCUT2D eigenvalue weighted by Crippen LogP contribution is -2.39. The van der Waals surface area contributed by atoms with Crippen molar-refractivity contribution in [1.82, 2.24) is 20.3 Å². The fraction of sp³-hybridized carbons (Fsp3) is 0.438. The second-order valence-electron chi connectivity index (χ2n) is 5.55. The van der Waals surface area contributed by atoms with Crippen LogP contribution in [0.15, 0.2) is 30.5 Å². The molecular formula is C16H21ClN4O2. The van der Waals surface area contributed by atoms with Gasteiger partial charge in [0.15, 0.2) is 5.69 Å². The number of halogens is 1. The molecule has 0 fully saturated rings. The largest absolute Gasteiger partial charge is 0.396 e. The van der Waals surface area contributed by atoms with Gasteiger partial charge in [0.25, 0.3) is 5.91 Å². The Morgan fingerprint density at radius 1 is 1.35 bits per heavy atom. The Hall–Kier alpha value is -1.92. The summed E-state index contributed by atoms with van der Waals surface area (Å²) < 4.78 is 1.47. The Balaban J connectivity index is 2.09. The predicted molar refractivity (Wildman–Crippen MR) is 88.8 cm³/mol. The number of hydrogen-bond donors (Lipinski definition) is 2. The number of rotatable bonds is 7. The van der Waals surface area contributed by atoms with Gasteiger partial charge in [-0.3, -0.25) is 4.79 Å². The number of nitrogens with one attached hydrogen (secondary N) is 1. The number of aliphatic hydroxyl groups excluding tert-OH is 1. The normalized spacial score (nSPS) is 11.5. The number of carbonyl (C=O) groups is 1. The van der Waals surface area contributed by atoms with Gasteiger partial charge >= 0.3 is 0 Å². The highest BCUT2D eigenvalue weighted by Gasteiger charge is 2.26. The molecule has 1 amide bonds. The van der Waals surface area contributed by atoms with Crippen molar-refractivity contribution < 1.29 is 9.90 Å². The molecule has 1 aromatic heterocycles. The van der Waals surface area contributed by atoms with E-state index in [-0.39, 0.29) is 23.6 Å². The zero-order valence-electron chi connectivity index (χ0n) is 13.3. The van der Waals surface area contributed by atoms with Crippen molar-refractivity contribution in [3.63, 3.8) is 0 Å². The lowest BCUT2D eigenvalue weighted by atomic mass is 9.83. The maximum atomic E-state index is 12.2. The van der Waals surface area contributed by atoms with Crippen LogP contribution in [0.1, 0.15) is 37.2 Å². The minimum Gasteiger partial charge on any atom is -0.396 e. The summed E-state index contributed by atoms with van der Waals surface area (Å²) in [6.45, 7) is 4.43. The van der Waals surface area contributed by atoms with Crippen LogP contribution in [-0.2, 0) is 0 Å². The molecule has 23 heavy (non-hydrogen) atoms. The van der Waals surface area contributed by atoms with Gasteiger partial charge in [0.05, 0.1) is 23.5 Å². The molecule has 0 spiro atoms. The fourth-order valence-electron chi connectivity index (χ4n) is 2.26. The van der Waals surface area contributed by atoms with Crippen LogP contribution in [0, 0.1) is 5.41 Å². The van der Waals surface area contributed by atoms with Crippen LogP contribution in [0.2, 0.25) is 5.02 Å². The molecule has 124 valence electrons. The van der Waals surface area contributed by atoms with Gasteiger partial charge < -0.3 is 10.4 Å². The van der Waals surface area contributed by atoms with Crippen LogP contribution in [0.5, 0.6) is 0 Å². The molecule has 0 radical (unpaired) electrons. The van der Waals surface area contributed by atoms with E-state index in [1.54, 1.807) is 12.1 Å². The average Bonchev–Trinajstić information content (AvgIpc) is 3.07. The summed E-state index contributed by atoms with van der Waals surface area (Å²) in [4.78, 5) is 12.2. The van der Waals surface area contributed by atoms with E-state index in [0.29, 0.717) is 17.3 Å². The summed E-state index contributed by atoms with van der Waals surface area (Å²) in [5.41, 5.74) is 0.575. The van der Waals surface area contributed by atoms with E-state index in [4.69, 9.17) is 11.6 Å². The molecule has 0 saturated heterocycles. The molecule has 0 unspecified atom stereocenters. The molecule has 0 aliphatic heterocycles. The smallest absolute Gasteiger partial charge is 0.273 e.